The van der Waals surface area contributed by atoms with Gasteiger partial charge in [0, 0.05) is 5.56 Å². The van der Waals surface area contributed by atoms with Crippen LogP contribution in [0.25, 0.3) is 11.3 Å². The zero-order valence-electron chi connectivity index (χ0n) is 10.1. The van der Waals surface area contributed by atoms with Crippen molar-refractivity contribution in [3.05, 3.63) is 52.3 Å². The Bertz CT molecular complexity index is 695. The summed E-state index contributed by atoms with van der Waals surface area (Å²) < 4.78 is 14.7. The van der Waals surface area contributed by atoms with Gasteiger partial charge < -0.3 is 5.11 Å². The maximum atomic E-state index is 14.0. The Morgan fingerprint density at radius 1 is 1.42 bits per heavy atom. The van der Waals surface area contributed by atoms with Crippen molar-refractivity contribution in [1.29, 1.82) is 0 Å². The second-order valence-corrected chi connectivity index (χ2v) is 4.05. The number of aliphatic carboxylic acids is 1. The summed E-state index contributed by atoms with van der Waals surface area (Å²) in [6.45, 7) is 1.16. The maximum absolute atomic E-state index is 14.0. The van der Waals surface area contributed by atoms with E-state index in [0.717, 1.165) is 16.5 Å². The number of aromatic nitrogens is 2. The summed E-state index contributed by atoms with van der Waals surface area (Å²) in [4.78, 5) is 26.1. The van der Waals surface area contributed by atoms with Gasteiger partial charge in [0.1, 0.15) is 12.2 Å². The Labute approximate surface area is 108 Å². The Balaban J connectivity index is 2.57. The zero-order valence-corrected chi connectivity index (χ0v) is 10.1. The van der Waals surface area contributed by atoms with Crippen LogP contribution in [0.1, 0.15) is 5.56 Å². The Morgan fingerprint density at radius 3 is 2.74 bits per heavy atom. The van der Waals surface area contributed by atoms with Gasteiger partial charge in [-0.05, 0) is 12.5 Å². The molecular formula is C13H11FN2O3. The molecule has 2 aromatic rings. The van der Waals surface area contributed by atoms with E-state index >= 15 is 0 Å². The van der Waals surface area contributed by atoms with Crippen LogP contribution in [0.3, 0.4) is 0 Å². The van der Waals surface area contributed by atoms with E-state index < -0.39 is 23.9 Å². The van der Waals surface area contributed by atoms with E-state index in [1.165, 1.54) is 0 Å². The predicted molar refractivity (Wildman–Crippen MR) is 66.3 cm³/mol. The van der Waals surface area contributed by atoms with E-state index in [0.29, 0.717) is 5.56 Å². The molecule has 0 radical (unpaired) electrons. The van der Waals surface area contributed by atoms with E-state index in [4.69, 9.17) is 5.11 Å². The molecule has 0 unspecified atom stereocenters. The third kappa shape index (κ3) is 2.52. The summed E-state index contributed by atoms with van der Waals surface area (Å²) >= 11 is 0. The van der Waals surface area contributed by atoms with Gasteiger partial charge in [-0.3, -0.25) is 14.2 Å². The number of benzene rings is 1. The second-order valence-electron chi connectivity index (χ2n) is 4.05. The number of carboxylic acid groups (broad SMARTS) is 1. The predicted octanol–water partition coefficient (Wildman–Crippen LogP) is 1.44. The molecule has 0 saturated heterocycles. The molecule has 1 N–H and O–H groups in total. The average Bonchev–Trinajstić information content (AvgIpc) is 2.36. The molecule has 0 aliphatic heterocycles. The molecule has 0 amide bonds. The first kappa shape index (κ1) is 12.9. The van der Waals surface area contributed by atoms with Crippen molar-refractivity contribution in [2.75, 3.05) is 0 Å². The van der Waals surface area contributed by atoms with Crippen LogP contribution in [-0.4, -0.2) is 20.6 Å². The molecule has 0 aliphatic carbocycles. The third-order valence-corrected chi connectivity index (χ3v) is 2.69. The minimum atomic E-state index is -1.23. The summed E-state index contributed by atoms with van der Waals surface area (Å²) in [5.74, 6) is -2.27. The van der Waals surface area contributed by atoms with Crippen LogP contribution >= 0.6 is 0 Å². The highest BCUT2D eigenvalue weighted by Gasteiger charge is 2.15. The number of nitrogens with zero attached hydrogens (tertiary/aromatic N) is 2. The normalized spacial score (nSPS) is 10.4. The highest BCUT2D eigenvalue weighted by Crippen LogP contribution is 2.21. The first-order valence-electron chi connectivity index (χ1n) is 5.53. The van der Waals surface area contributed by atoms with E-state index in [1.807, 2.05) is 0 Å². The minimum absolute atomic E-state index is 0.0651. The Kier molecular flexibility index (Phi) is 3.41. The molecule has 5 nitrogen and oxygen atoms in total. The van der Waals surface area contributed by atoms with Crippen LogP contribution < -0.4 is 5.56 Å². The maximum Gasteiger partial charge on any atom is 0.323 e. The van der Waals surface area contributed by atoms with Crippen molar-refractivity contribution in [1.82, 2.24) is 9.55 Å². The van der Waals surface area contributed by atoms with Crippen LogP contribution in [0.4, 0.5) is 4.39 Å². The largest absolute Gasteiger partial charge is 0.480 e. The summed E-state index contributed by atoms with van der Waals surface area (Å²) in [5.41, 5.74) is 0.240. The highest BCUT2D eigenvalue weighted by atomic mass is 19.1. The molecule has 2 rings (SSSR count). The van der Waals surface area contributed by atoms with Gasteiger partial charge in [-0.15, -0.1) is 0 Å². The molecular weight excluding hydrogens is 251 g/mol. The molecule has 0 bridgehead atoms. The first-order valence-corrected chi connectivity index (χ1v) is 5.53. The molecule has 1 heterocycles. The van der Waals surface area contributed by atoms with Gasteiger partial charge >= 0.3 is 5.97 Å². The van der Waals surface area contributed by atoms with E-state index in [-0.39, 0.29) is 5.69 Å². The monoisotopic (exact) mass is 262 g/mol. The lowest BCUT2D eigenvalue weighted by Gasteiger charge is -2.07. The molecule has 0 spiro atoms. The number of halogens is 1. The molecule has 19 heavy (non-hydrogen) atoms. The van der Waals surface area contributed by atoms with Crippen LogP contribution in [0.15, 0.2) is 35.4 Å². The van der Waals surface area contributed by atoms with Gasteiger partial charge in [0.05, 0.1) is 6.33 Å². The molecule has 0 saturated carbocycles. The number of rotatable bonds is 3. The number of hydrogen-bond donors (Lipinski definition) is 1. The summed E-state index contributed by atoms with van der Waals surface area (Å²) in [6, 6.07) is 6.94. The van der Waals surface area contributed by atoms with Crippen LogP contribution in [0.5, 0.6) is 0 Å². The van der Waals surface area contributed by atoms with Gasteiger partial charge in [-0.2, -0.15) is 4.39 Å². The third-order valence-electron chi connectivity index (χ3n) is 2.69. The van der Waals surface area contributed by atoms with Crippen LogP contribution in [0.2, 0.25) is 0 Å². The minimum Gasteiger partial charge on any atom is -0.480 e. The van der Waals surface area contributed by atoms with Crippen molar-refractivity contribution in [3.63, 3.8) is 0 Å². The smallest absolute Gasteiger partial charge is 0.323 e. The summed E-state index contributed by atoms with van der Waals surface area (Å²) in [7, 11) is 0. The number of carboxylic acids is 1. The van der Waals surface area contributed by atoms with Gasteiger partial charge in [-0.25, -0.2) is 4.98 Å². The van der Waals surface area contributed by atoms with Crippen LogP contribution in [0, 0.1) is 12.7 Å². The second kappa shape index (κ2) is 5.01. The van der Waals surface area contributed by atoms with E-state index in [2.05, 4.69) is 4.98 Å². The molecule has 98 valence electrons. The lowest BCUT2D eigenvalue weighted by Crippen LogP contribution is -2.27. The highest BCUT2D eigenvalue weighted by molar-refractivity contribution is 5.67. The number of hydrogen-bond acceptors (Lipinski definition) is 3. The fraction of sp³-hybridized carbons (Fsp3) is 0.154. The van der Waals surface area contributed by atoms with Gasteiger partial charge in [0.15, 0.2) is 0 Å². The van der Waals surface area contributed by atoms with Gasteiger partial charge in [0.25, 0.3) is 5.56 Å². The lowest BCUT2D eigenvalue weighted by atomic mass is 10.1. The quantitative estimate of drug-likeness (QED) is 0.908. The van der Waals surface area contributed by atoms with E-state index in [9.17, 15) is 14.0 Å². The van der Waals surface area contributed by atoms with Crippen molar-refractivity contribution < 1.29 is 14.3 Å². The standard InChI is InChI=1S/C13H11FN2O3/c1-8-4-2-3-5-9(8)12-11(14)13(19)16(7-15-12)6-10(17)18/h2-5,7H,6H2,1H3,(H,17,18). The SMILES string of the molecule is Cc1ccccc1-c1ncn(CC(=O)O)c(=O)c1F. The van der Waals surface area contributed by atoms with Gasteiger partial charge in [0.2, 0.25) is 5.82 Å². The lowest BCUT2D eigenvalue weighted by molar-refractivity contribution is -0.137. The van der Waals surface area contributed by atoms with Crippen LogP contribution in [-0.2, 0) is 11.3 Å². The van der Waals surface area contributed by atoms with Crippen molar-refractivity contribution in [3.8, 4) is 11.3 Å². The molecule has 0 atom stereocenters. The molecule has 0 aliphatic rings. The summed E-state index contributed by atoms with van der Waals surface area (Å²) in [5, 5.41) is 8.60. The number of carbonyl (C=O) groups is 1. The molecule has 1 aromatic heterocycles. The van der Waals surface area contributed by atoms with Gasteiger partial charge in [-0.1, -0.05) is 24.3 Å². The number of aryl methyl sites for hydroxylation is 1. The summed E-state index contributed by atoms with van der Waals surface area (Å²) in [6.07, 6.45) is 1.04. The molecule has 6 heteroatoms. The Morgan fingerprint density at radius 2 is 2.11 bits per heavy atom. The zero-order chi connectivity index (χ0) is 14.0. The fourth-order valence-corrected chi connectivity index (χ4v) is 1.75. The molecule has 0 fully saturated rings. The van der Waals surface area contributed by atoms with Crippen molar-refractivity contribution in [2.45, 2.75) is 13.5 Å². The van der Waals surface area contributed by atoms with E-state index in [1.54, 1.807) is 31.2 Å². The molecule has 1 aromatic carbocycles. The topological polar surface area (TPSA) is 72.2 Å². The van der Waals surface area contributed by atoms with Crippen molar-refractivity contribution in [2.24, 2.45) is 0 Å². The fourth-order valence-electron chi connectivity index (χ4n) is 1.75. The first-order chi connectivity index (χ1) is 9.00. The average molecular weight is 262 g/mol. The Hall–Kier alpha value is -2.50. The van der Waals surface area contributed by atoms with Crippen molar-refractivity contribution >= 4 is 5.97 Å².